The summed E-state index contributed by atoms with van der Waals surface area (Å²) in [5.41, 5.74) is 1.33. The molecule has 0 aliphatic rings. The number of nitrogens with one attached hydrogen (secondary N) is 2. The van der Waals surface area contributed by atoms with Gasteiger partial charge in [0.05, 0.1) is 9.77 Å². The molecule has 0 saturated carbocycles. The lowest BCUT2D eigenvalue weighted by molar-refractivity contribution is -0.116. The summed E-state index contributed by atoms with van der Waals surface area (Å²) in [6.07, 6.45) is 0.192. The van der Waals surface area contributed by atoms with E-state index in [-0.39, 0.29) is 36.0 Å². The molecule has 8 heteroatoms. The van der Waals surface area contributed by atoms with Crippen LogP contribution in [0.2, 0.25) is 0 Å². The predicted molar refractivity (Wildman–Crippen MR) is 113 cm³/mol. The Morgan fingerprint density at radius 3 is 2.24 bits per heavy atom. The molecule has 0 spiro atoms. The van der Waals surface area contributed by atoms with E-state index in [4.69, 9.17) is 0 Å². The van der Waals surface area contributed by atoms with Gasteiger partial charge >= 0.3 is 0 Å². The smallest absolute Gasteiger partial charge is 0.240 e. The molecule has 0 aliphatic heterocycles. The highest BCUT2D eigenvalue weighted by molar-refractivity contribution is 7.89. The number of ketones is 1. The normalized spacial score (nSPS) is 11.2. The molecule has 2 aromatic carbocycles. The van der Waals surface area contributed by atoms with Crippen molar-refractivity contribution in [1.29, 1.82) is 0 Å². The number of carbonyl (C=O) groups is 2. The van der Waals surface area contributed by atoms with Crippen molar-refractivity contribution in [2.75, 3.05) is 5.32 Å². The van der Waals surface area contributed by atoms with Gasteiger partial charge in [0.15, 0.2) is 5.78 Å². The van der Waals surface area contributed by atoms with Gasteiger partial charge in [-0.2, -0.15) is 0 Å². The summed E-state index contributed by atoms with van der Waals surface area (Å²) in [5.74, 6) is -0.367. The molecule has 0 radical (unpaired) electrons. The second-order valence-electron chi connectivity index (χ2n) is 6.28. The van der Waals surface area contributed by atoms with Crippen LogP contribution in [0, 0.1) is 0 Å². The van der Waals surface area contributed by atoms with Gasteiger partial charge in [-0.3, -0.25) is 9.59 Å². The van der Waals surface area contributed by atoms with Crippen LogP contribution in [0.5, 0.6) is 0 Å². The highest BCUT2D eigenvalue weighted by Gasteiger charge is 2.14. The first kappa shape index (κ1) is 20.9. The number of sulfonamides is 1. The first-order valence-corrected chi connectivity index (χ1v) is 11.3. The van der Waals surface area contributed by atoms with Crippen LogP contribution in [-0.2, 0) is 21.4 Å². The third kappa shape index (κ3) is 6.08. The molecule has 2 N–H and O–H groups in total. The second kappa shape index (κ2) is 9.60. The zero-order valence-corrected chi connectivity index (χ0v) is 17.1. The van der Waals surface area contributed by atoms with Crippen molar-refractivity contribution in [3.05, 3.63) is 82.6 Å². The number of anilines is 1. The van der Waals surface area contributed by atoms with Gasteiger partial charge in [0, 0.05) is 25.1 Å². The number of carbonyl (C=O) groups excluding carboxylic acids is 2. The molecule has 0 fully saturated rings. The molecular weight excluding hydrogens is 408 g/mol. The maximum atomic E-state index is 12.4. The number of hydrogen-bond acceptors (Lipinski definition) is 5. The van der Waals surface area contributed by atoms with Gasteiger partial charge in [0.25, 0.3) is 0 Å². The van der Waals surface area contributed by atoms with E-state index in [1.807, 2.05) is 35.7 Å². The highest BCUT2D eigenvalue weighted by Crippen LogP contribution is 2.16. The molecule has 1 heterocycles. The third-order valence-corrected chi connectivity index (χ3v) is 6.46. The van der Waals surface area contributed by atoms with E-state index in [1.165, 1.54) is 35.6 Å². The van der Waals surface area contributed by atoms with E-state index in [0.717, 1.165) is 5.56 Å². The first-order chi connectivity index (χ1) is 13.9. The lowest BCUT2D eigenvalue weighted by atomic mass is 10.2. The minimum absolute atomic E-state index is 0.0649. The fraction of sp³-hybridized carbons (Fsp3) is 0.143. The summed E-state index contributed by atoms with van der Waals surface area (Å²) in [4.78, 5) is 24.7. The molecule has 3 aromatic rings. The van der Waals surface area contributed by atoms with Crippen molar-refractivity contribution < 1.29 is 18.0 Å². The number of benzene rings is 2. The van der Waals surface area contributed by atoms with Gasteiger partial charge in [-0.25, -0.2) is 13.1 Å². The third-order valence-electron chi connectivity index (χ3n) is 4.13. The summed E-state index contributed by atoms with van der Waals surface area (Å²) in [5, 5.41) is 4.49. The molecule has 1 aromatic heterocycles. The summed E-state index contributed by atoms with van der Waals surface area (Å²) in [6.45, 7) is 0.194. The van der Waals surface area contributed by atoms with Gasteiger partial charge in [0.1, 0.15) is 0 Å². The van der Waals surface area contributed by atoms with Gasteiger partial charge < -0.3 is 5.32 Å². The van der Waals surface area contributed by atoms with Crippen LogP contribution in [0.3, 0.4) is 0 Å². The van der Waals surface area contributed by atoms with Crippen molar-refractivity contribution in [2.45, 2.75) is 24.3 Å². The monoisotopic (exact) mass is 428 g/mol. The lowest BCUT2D eigenvalue weighted by Crippen LogP contribution is -2.23. The maximum Gasteiger partial charge on any atom is 0.240 e. The number of Topliss-reactive ketones (excluding diaryl/α,β-unsaturated/α-hetero) is 1. The number of hydrogen-bond donors (Lipinski definition) is 2. The van der Waals surface area contributed by atoms with Crippen molar-refractivity contribution in [3.63, 3.8) is 0 Å². The summed E-state index contributed by atoms with van der Waals surface area (Å²) < 4.78 is 27.3. The quantitative estimate of drug-likeness (QED) is 0.507. The number of thiophene rings is 1. The Bertz CT molecular complexity index is 1060. The van der Waals surface area contributed by atoms with E-state index >= 15 is 0 Å². The van der Waals surface area contributed by atoms with Crippen LogP contribution in [0.15, 0.2) is 77.0 Å². The standard InChI is InChI=1S/C21H20N2O4S2/c24-19(20-7-4-14-28-20)12-13-21(25)23-17-8-10-18(11-9-17)29(26,27)22-15-16-5-2-1-3-6-16/h1-11,14,22H,12-13,15H2,(H,23,25). The average Bonchev–Trinajstić information content (AvgIpc) is 3.27. The molecule has 1 amide bonds. The van der Waals surface area contributed by atoms with Crippen molar-refractivity contribution in [2.24, 2.45) is 0 Å². The van der Waals surface area contributed by atoms with Crippen LogP contribution in [0.25, 0.3) is 0 Å². The molecule has 3 rings (SSSR count). The summed E-state index contributed by atoms with van der Waals surface area (Å²) in [6, 6.07) is 18.7. The Morgan fingerprint density at radius 1 is 0.862 bits per heavy atom. The van der Waals surface area contributed by atoms with E-state index in [2.05, 4.69) is 10.0 Å². The zero-order chi connectivity index (χ0) is 20.7. The van der Waals surface area contributed by atoms with E-state index in [1.54, 1.807) is 12.1 Å². The van der Waals surface area contributed by atoms with Crippen LogP contribution in [0.1, 0.15) is 28.1 Å². The largest absolute Gasteiger partial charge is 0.326 e. The van der Waals surface area contributed by atoms with Crippen molar-refractivity contribution in [3.8, 4) is 0 Å². The maximum absolute atomic E-state index is 12.4. The fourth-order valence-electron chi connectivity index (χ4n) is 2.59. The number of amides is 1. The molecule has 6 nitrogen and oxygen atoms in total. The van der Waals surface area contributed by atoms with Gasteiger partial charge in [-0.05, 0) is 41.3 Å². The van der Waals surface area contributed by atoms with Crippen molar-refractivity contribution in [1.82, 2.24) is 4.72 Å². The Hall–Kier alpha value is -2.81. The first-order valence-electron chi connectivity index (χ1n) is 8.94. The molecule has 29 heavy (non-hydrogen) atoms. The summed E-state index contributed by atoms with van der Waals surface area (Å²) in [7, 11) is -3.66. The SMILES string of the molecule is O=C(CCC(=O)c1cccs1)Nc1ccc(S(=O)(=O)NCc2ccccc2)cc1. The lowest BCUT2D eigenvalue weighted by Gasteiger charge is -2.09. The average molecular weight is 429 g/mol. The zero-order valence-electron chi connectivity index (χ0n) is 15.5. The van der Waals surface area contributed by atoms with Gasteiger partial charge in [-0.1, -0.05) is 36.4 Å². The van der Waals surface area contributed by atoms with Crippen LogP contribution < -0.4 is 10.0 Å². The van der Waals surface area contributed by atoms with E-state index in [0.29, 0.717) is 10.6 Å². The molecule has 0 bridgehead atoms. The molecule has 0 atom stereocenters. The molecule has 0 saturated heterocycles. The highest BCUT2D eigenvalue weighted by atomic mass is 32.2. The van der Waals surface area contributed by atoms with Crippen LogP contribution >= 0.6 is 11.3 Å². The van der Waals surface area contributed by atoms with Crippen molar-refractivity contribution >= 4 is 38.7 Å². The molecule has 0 unspecified atom stereocenters. The van der Waals surface area contributed by atoms with Crippen LogP contribution in [0.4, 0.5) is 5.69 Å². The fourth-order valence-corrected chi connectivity index (χ4v) is 4.30. The second-order valence-corrected chi connectivity index (χ2v) is 9.00. The van der Waals surface area contributed by atoms with Gasteiger partial charge in [0.2, 0.25) is 15.9 Å². The van der Waals surface area contributed by atoms with Gasteiger partial charge in [-0.15, -0.1) is 11.3 Å². The summed E-state index contributed by atoms with van der Waals surface area (Å²) >= 11 is 1.35. The van der Waals surface area contributed by atoms with Crippen LogP contribution in [-0.4, -0.2) is 20.1 Å². The topological polar surface area (TPSA) is 92.3 Å². The molecule has 150 valence electrons. The molecule has 0 aliphatic carbocycles. The van der Waals surface area contributed by atoms with E-state index < -0.39 is 10.0 Å². The minimum Gasteiger partial charge on any atom is -0.326 e. The number of rotatable bonds is 9. The predicted octanol–water partition coefficient (Wildman–Crippen LogP) is 3.83. The Kier molecular flexibility index (Phi) is 6.92. The Labute approximate surface area is 173 Å². The molecular formula is C21H20N2O4S2. The van der Waals surface area contributed by atoms with E-state index in [9.17, 15) is 18.0 Å². The Balaban J connectivity index is 1.52. The minimum atomic E-state index is -3.66. The Morgan fingerprint density at radius 2 is 1.59 bits per heavy atom.